The predicted molar refractivity (Wildman–Crippen MR) is 82.6 cm³/mol. The second-order valence-corrected chi connectivity index (χ2v) is 5.68. The van der Waals surface area contributed by atoms with Gasteiger partial charge in [-0.15, -0.1) is 0 Å². The molecule has 0 saturated heterocycles. The molecule has 0 aliphatic heterocycles. The van der Waals surface area contributed by atoms with Crippen molar-refractivity contribution in [2.45, 2.75) is 19.4 Å². The van der Waals surface area contributed by atoms with E-state index in [-0.39, 0.29) is 12.3 Å². The summed E-state index contributed by atoms with van der Waals surface area (Å²) in [6.45, 7) is 3.74. The van der Waals surface area contributed by atoms with E-state index >= 15 is 0 Å². The Morgan fingerprint density at radius 3 is 2.29 bits per heavy atom. The monoisotopic (exact) mass is 293 g/mol. The zero-order valence-corrected chi connectivity index (χ0v) is 12.9. The van der Waals surface area contributed by atoms with Gasteiger partial charge in [-0.1, -0.05) is 0 Å². The summed E-state index contributed by atoms with van der Waals surface area (Å²) in [6.07, 6.45) is 0. The number of carbonyl (C=O) groups excluding carboxylic acids is 2. The molecule has 116 valence electrons. The number of hydrogen-bond acceptors (Lipinski definition) is 4. The molecule has 0 radical (unpaired) electrons. The Labute approximate surface area is 125 Å². The molecule has 0 fully saturated rings. The third-order valence-corrected chi connectivity index (χ3v) is 2.84. The van der Waals surface area contributed by atoms with Crippen LogP contribution in [0.3, 0.4) is 0 Å². The minimum atomic E-state index is -1.00. The van der Waals surface area contributed by atoms with Crippen molar-refractivity contribution < 1.29 is 14.7 Å². The van der Waals surface area contributed by atoms with Gasteiger partial charge in [0, 0.05) is 24.3 Å². The quantitative estimate of drug-likeness (QED) is 0.691. The largest absolute Gasteiger partial charge is 0.387 e. The molecular weight excluding hydrogens is 270 g/mol. The summed E-state index contributed by atoms with van der Waals surface area (Å²) in [4.78, 5) is 24.7. The van der Waals surface area contributed by atoms with E-state index in [0.717, 1.165) is 0 Å². The van der Waals surface area contributed by atoms with Gasteiger partial charge in [0.2, 0.25) is 0 Å². The lowest BCUT2D eigenvalue weighted by atomic mass is 10.1. The van der Waals surface area contributed by atoms with E-state index in [1.54, 1.807) is 31.2 Å². The highest BCUT2D eigenvalue weighted by Crippen LogP contribution is 2.10. The number of nitrogens with zero attached hydrogens (tertiary/aromatic N) is 1. The van der Waals surface area contributed by atoms with Gasteiger partial charge in [0.25, 0.3) is 0 Å². The fourth-order valence-electron chi connectivity index (χ4n) is 1.97. The van der Waals surface area contributed by atoms with Crippen molar-refractivity contribution in [3.05, 3.63) is 29.8 Å². The number of rotatable bonds is 6. The van der Waals surface area contributed by atoms with Gasteiger partial charge in [0.1, 0.15) is 0 Å². The molecule has 1 aromatic rings. The summed E-state index contributed by atoms with van der Waals surface area (Å²) in [5, 5.41) is 15.3. The molecule has 0 heterocycles. The third kappa shape index (κ3) is 6.37. The lowest BCUT2D eigenvalue weighted by Gasteiger charge is -2.27. The number of urea groups is 1. The molecule has 6 heteroatoms. The van der Waals surface area contributed by atoms with Gasteiger partial charge in [-0.2, -0.15) is 0 Å². The molecule has 0 aliphatic rings. The highest BCUT2D eigenvalue weighted by atomic mass is 16.3. The molecule has 1 unspecified atom stereocenters. The maximum atomic E-state index is 11.7. The molecule has 6 nitrogen and oxygen atoms in total. The zero-order valence-electron chi connectivity index (χ0n) is 12.9. The van der Waals surface area contributed by atoms with Crippen molar-refractivity contribution in [3.63, 3.8) is 0 Å². The lowest BCUT2D eigenvalue weighted by Crippen LogP contribution is -2.48. The standard InChI is InChI=1S/C15H23N3O3/c1-11(19)12-5-7-13(8-6-12)17-14(20)16-9-15(2,21)10-18(3)4/h5-8,21H,9-10H2,1-4H3,(H2,16,17,20). The summed E-state index contributed by atoms with van der Waals surface area (Å²) in [5.74, 6) is -0.0225. The highest BCUT2D eigenvalue weighted by Gasteiger charge is 2.22. The topological polar surface area (TPSA) is 81.7 Å². The molecule has 0 spiro atoms. The van der Waals surface area contributed by atoms with Crippen LogP contribution in [0.25, 0.3) is 0 Å². The number of nitrogens with one attached hydrogen (secondary N) is 2. The lowest BCUT2D eigenvalue weighted by molar-refractivity contribution is 0.0364. The number of ketones is 1. The van der Waals surface area contributed by atoms with E-state index in [4.69, 9.17) is 0 Å². The van der Waals surface area contributed by atoms with Gasteiger partial charge >= 0.3 is 6.03 Å². The summed E-state index contributed by atoms with van der Waals surface area (Å²) in [7, 11) is 3.70. The normalized spacial score (nSPS) is 13.6. The minimum Gasteiger partial charge on any atom is -0.387 e. The first-order valence-corrected chi connectivity index (χ1v) is 6.72. The van der Waals surface area contributed by atoms with Gasteiger partial charge in [0.15, 0.2) is 5.78 Å². The summed E-state index contributed by atoms with van der Waals surface area (Å²) in [5.41, 5.74) is 0.180. The summed E-state index contributed by atoms with van der Waals surface area (Å²) < 4.78 is 0. The van der Waals surface area contributed by atoms with Crippen molar-refractivity contribution in [3.8, 4) is 0 Å². The van der Waals surface area contributed by atoms with Gasteiger partial charge in [0.05, 0.1) is 5.60 Å². The van der Waals surface area contributed by atoms with Crippen LogP contribution in [0, 0.1) is 0 Å². The van der Waals surface area contributed by atoms with Crippen LogP contribution in [0.15, 0.2) is 24.3 Å². The fourth-order valence-corrected chi connectivity index (χ4v) is 1.97. The number of aliphatic hydroxyl groups is 1. The molecule has 1 atom stereocenters. The molecule has 0 aliphatic carbocycles. The smallest absolute Gasteiger partial charge is 0.319 e. The molecule has 2 amide bonds. The molecule has 3 N–H and O–H groups in total. The van der Waals surface area contributed by atoms with Crippen LogP contribution in [-0.2, 0) is 0 Å². The molecule has 1 rings (SSSR count). The number of carbonyl (C=O) groups is 2. The van der Waals surface area contributed by atoms with Crippen molar-refractivity contribution >= 4 is 17.5 Å². The average Bonchev–Trinajstić information content (AvgIpc) is 2.36. The van der Waals surface area contributed by atoms with Gasteiger partial charge in [-0.25, -0.2) is 4.79 Å². The predicted octanol–water partition coefficient (Wildman–Crippen LogP) is 1.32. The fraction of sp³-hybridized carbons (Fsp3) is 0.467. The Morgan fingerprint density at radius 1 is 1.24 bits per heavy atom. The maximum Gasteiger partial charge on any atom is 0.319 e. The average molecular weight is 293 g/mol. The van der Waals surface area contributed by atoms with Crippen LogP contribution in [0.1, 0.15) is 24.2 Å². The number of Topliss-reactive ketones (excluding diaryl/α,β-unsaturated/α-hetero) is 1. The molecule has 21 heavy (non-hydrogen) atoms. The molecule has 0 bridgehead atoms. The van der Waals surface area contributed by atoms with Crippen LogP contribution in [0.5, 0.6) is 0 Å². The zero-order chi connectivity index (χ0) is 16.0. The summed E-state index contributed by atoms with van der Waals surface area (Å²) in [6, 6.07) is 6.23. The Hall–Kier alpha value is -1.92. The minimum absolute atomic E-state index is 0.0225. The van der Waals surface area contributed by atoms with Crippen molar-refractivity contribution in [1.29, 1.82) is 0 Å². The Morgan fingerprint density at radius 2 is 1.81 bits per heavy atom. The van der Waals surface area contributed by atoms with E-state index in [9.17, 15) is 14.7 Å². The van der Waals surface area contributed by atoms with Crippen LogP contribution in [0.4, 0.5) is 10.5 Å². The van der Waals surface area contributed by atoms with E-state index in [0.29, 0.717) is 17.8 Å². The van der Waals surface area contributed by atoms with Gasteiger partial charge in [-0.3, -0.25) is 4.79 Å². The Kier molecular flexibility index (Phi) is 5.87. The SMILES string of the molecule is CC(=O)c1ccc(NC(=O)NCC(C)(O)CN(C)C)cc1. The van der Waals surface area contributed by atoms with Crippen LogP contribution in [0.2, 0.25) is 0 Å². The van der Waals surface area contributed by atoms with Crippen molar-refractivity contribution in [1.82, 2.24) is 10.2 Å². The first-order valence-electron chi connectivity index (χ1n) is 6.72. The van der Waals surface area contributed by atoms with E-state index in [2.05, 4.69) is 10.6 Å². The van der Waals surface area contributed by atoms with Gasteiger partial charge in [-0.05, 0) is 52.2 Å². The number of benzene rings is 1. The molecule has 1 aromatic carbocycles. The Bertz CT molecular complexity index is 495. The second-order valence-electron chi connectivity index (χ2n) is 5.68. The highest BCUT2D eigenvalue weighted by molar-refractivity contribution is 5.95. The molecule has 0 saturated carbocycles. The number of likely N-dealkylation sites (N-methyl/N-ethyl adjacent to an activating group) is 1. The van der Waals surface area contributed by atoms with E-state index < -0.39 is 11.6 Å². The molecular formula is C15H23N3O3. The maximum absolute atomic E-state index is 11.7. The van der Waals surface area contributed by atoms with Crippen LogP contribution >= 0.6 is 0 Å². The number of hydrogen-bond donors (Lipinski definition) is 3. The van der Waals surface area contributed by atoms with E-state index in [1.807, 2.05) is 19.0 Å². The van der Waals surface area contributed by atoms with Crippen LogP contribution in [-0.4, -0.2) is 54.6 Å². The van der Waals surface area contributed by atoms with E-state index in [1.165, 1.54) is 6.92 Å². The third-order valence-electron chi connectivity index (χ3n) is 2.84. The first kappa shape index (κ1) is 17.1. The summed E-state index contributed by atoms with van der Waals surface area (Å²) >= 11 is 0. The second kappa shape index (κ2) is 7.19. The van der Waals surface area contributed by atoms with Crippen molar-refractivity contribution in [2.75, 3.05) is 32.5 Å². The number of anilines is 1. The Balaban J connectivity index is 2.48. The van der Waals surface area contributed by atoms with Crippen molar-refractivity contribution in [2.24, 2.45) is 0 Å². The number of amides is 2. The molecule has 0 aromatic heterocycles. The first-order chi connectivity index (χ1) is 9.69. The van der Waals surface area contributed by atoms with Crippen LogP contribution < -0.4 is 10.6 Å². The van der Waals surface area contributed by atoms with Gasteiger partial charge < -0.3 is 20.6 Å².